The molecule has 1 aromatic heterocycles. The first-order chi connectivity index (χ1) is 8.81. The van der Waals surface area contributed by atoms with Crippen molar-refractivity contribution < 1.29 is 8.42 Å². The molecule has 0 amide bonds. The third-order valence-corrected chi connectivity index (χ3v) is 4.83. The molecule has 3 N–H and O–H groups in total. The van der Waals surface area contributed by atoms with Crippen molar-refractivity contribution in [1.82, 2.24) is 9.78 Å². The van der Waals surface area contributed by atoms with Crippen molar-refractivity contribution in [1.29, 1.82) is 0 Å². The standard InChI is InChI=1S/C11H13BrN4O2S/c1-7-5-8(12)9(13)6-10(7)19(17,18)15-11-3-4-14-16(11)2/h3-6,15H,13H2,1-2H3. The summed E-state index contributed by atoms with van der Waals surface area (Å²) in [4.78, 5) is 0.148. The minimum atomic E-state index is -3.69. The van der Waals surface area contributed by atoms with Crippen molar-refractivity contribution in [3.8, 4) is 0 Å². The lowest BCUT2D eigenvalue weighted by Crippen LogP contribution is -2.16. The number of nitrogens with one attached hydrogen (secondary N) is 1. The summed E-state index contributed by atoms with van der Waals surface area (Å²) >= 11 is 3.26. The highest BCUT2D eigenvalue weighted by atomic mass is 79.9. The van der Waals surface area contributed by atoms with Gasteiger partial charge in [0.1, 0.15) is 5.82 Å². The summed E-state index contributed by atoms with van der Waals surface area (Å²) in [5.74, 6) is 0.390. The first-order valence-electron chi connectivity index (χ1n) is 5.37. The second kappa shape index (κ2) is 4.86. The van der Waals surface area contributed by atoms with Crippen molar-refractivity contribution >= 4 is 37.5 Å². The number of aryl methyl sites for hydroxylation is 2. The molecule has 2 aromatic rings. The maximum Gasteiger partial charge on any atom is 0.263 e. The van der Waals surface area contributed by atoms with Gasteiger partial charge in [0.05, 0.1) is 11.1 Å². The summed E-state index contributed by atoms with van der Waals surface area (Å²) < 4.78 is 29.2. The van der Waals surface area contributed by atoms with Gasteiger partial charge >= 0.3 is 0 Å². The van der Waals surface area contributed by atoms with Gasteiger partial charge in [-0.05, 0) is 40.5 Å². The Morgan fingerprint density at radius 2 is 2.11 bits per heavy atom. The van der Waals surface area contributed by atoms with Gasteiger partial charge in [0.15, 0.2) is 0 Å². The van der Waals surface area contributed by atoms with Gasteiger partial charge in [0, 0.05) is 23.3 Å². The van der Waals surface area contributed by atoms with Crippen LogP contribution in [-0.2, 0) is 17.1 Å². The van der Waals surface area contributed by atoms with Gasteiger partial charge in [-0.15, -0.1) is 0 Å². The predicted octanol–water partition coefficient (Wildman–Crippen LogP) is 1.87. The minimum absolute atomic E-state index is 0.148. The molecule has 0 saturated heterocycles. The van der Waals surface area contributed by atoms with E-state index in [-0.39, 0.29) is 4.90 Å². The quantitative estimate of drug-likeness (QED) is 0.831. The van der Waals surface area contributed by atoms with E-state index in [0.717, 1.165) is 0 Å². The lowest BCUT2D eigenvalue weighted by atomic mass is 10.2. The summed E-state index contributed by atoms with van der Waals surface area (Å²) in [6.45, 7) is 1.71. The first-order valence-corrected chi connectivity index (χ1v) is 7.65. The van der Waals surface area contributed by atoms with Gasteiger partial charge < -0.3 is 5.73 Å². The van der Waals surface area contributed by atoms with Crippen LogP contribution in [0.3, 0.4) is 0 Å². The molecule has 0 aliphatic heterocycles. The number of halogens is 1. The molecule has 0 fully saturated rings. The van der Waals surface area contributed by atoms with Gasteiger partial charge in [-0.2, -0.15) is 5.10 Å². The fourth-order valence-corrected chi connectivity index (χ4v) is 3.43. The van der Waals surface area contributed by atoms with E-state index in [1.165, 1.54) is 16.9 Å². The van der Waals surface area contributed by atoms with Gasteiger partial charge in [-0.25, -0.2) is 8.42 Å². The second-order valence-corrected chi connectivity index (χ2v) is 6.59. The van der Waals surface area contributed by atoms with Gasteiger partial charge in [-0.1, -0.05) is 0 Å². The Bertz CT molecular complexity index is 724. The molecule has 1 aromatic carbocycles. The van der Waals surface area contributed by atoms with Crippen LogP contribution in [-0.4, -0.2) is 18.2 Å². The second-order valence-electron chi connectivity index (χ2n) is 4.08. The van der Waals surface area contributed by atoms with Crippen molar-refractivity contribution in [2.75, 3.05) is 10.5 Å². The van der Waals surface area contributed by atoms with Crippen molar-refractivity contribution in [2.24, 2.45) is 7.05 Å². The molecule has 0 aliphatic carbocycles. The smallest absolute Gasteiger partial charge is 0.263 e. The van der Waals surface area contributed by atoms with Crippen molar-refractivity contribution in [2.45, 2.75) is 11.8 Å². The summed E-state index contributed by atoms with van der Waals surface area (Å²) in [6, 6.07) is 4.68. The fourth-order valence-electron chi connectivity index (χ4n) is 1.62. The highest BCUT2D eigenvalue weighted by Gasteiger charge is 2.19. The molecular formula is C11H13BrN4O2S. The normalized spacial score (nSPS) is 11.5. The van der Waals surface area contributed by atoms with Gasteiger partial charge in [-0.3, -0.25) is 9.40 Å². The number of benzene rings is 1. The molecule has 19 heavy (non-hydrogen) atoms. The Balaban J connectivity index is 2.46. The third-order valence-electron chi connectivity index (χ3n) is 2.64. The van der Waals surface area contributed by atoms with E-state index in [4.69, 9.17) is 5.73 Å². The molecular weight excluding hydrogens is 332 g/mol. The summed E-state index contributed by atoms with van der Waals surface area (Å²) in [6.07, 6.45) is 1.51. The number of hydrogen-bond donors (Lipinski definition) is 2. The number of anilines is 2. The summed E-state index contributed by atoms with van der Waals surface area (Å²) in [7, 11) is -2.03. The number of nitrogen functional groups attached to an aromatic ring is 1. The van der Waals surface area contributed by atoms with E-state index >= 15 is 0 Å². The van der Waals surface area contributed by atoms with Crippen LogP contribution in [0, 0.1) is 6.92 Å². The predicted molar refractivity (Wildman–Crippen MR) is 77.3 cm³/mol. The van der Waals surface area contributed by atoms with Crippen molar-refractivity contribution in [3.63, 3.8) is 0 Å². The number of rotatable bonds is 3. The molecule has 0 spiro atoms. The zero-order valence-electron chi connectivity index (χ0n) is 10.4. The Morgan fingerprint density at radius 3 is 2.68 bits per heavy atom. The maximum atomic E-state index is 12.3. The molecule has 0 bridgehead atoms. The van der Waals surface area contributed by atoms with E-state index in [1.54, 1.807) is 26.1 Å². The van der Waals surface area contributed by atoms with Gasteiger partial charge in [0.25, 0.3) is 10.0 Å². The molecule has 6 nitrogen and oxygen atoms in total. The SMILES string of the molecule is Cc1cc(Br)c(N)cc1S(=O)(=O)Nc1ccnn1C. The molecule has 8 heteroatoms. The van der Waals surface area contributed by atoms with Gasteiger partial charge in [0.2, 0.25) is 0 Å². The maximum absolute atomic E-state index is 12.3. The Labute approximate surface area is 119 Å². The molecule has 2 rings (SSSR count). The summed E-state index contributed by atoms with van der Waals surface area (Å²) in [5.41, 5.74) is 6.71. The number of nitrogens with zero attached hydrogens (tertiary/aromatic N) is 2. The molecule has 0 unspecified atom stereocenters. The van der Waals surface area contributed by atoms with Crippen LogP contribution in [0.2, 0.25) is 0 Å². The van der Waals surface area contributed by atoms with Crippen molar-refractivity contribution in [3.05, 3.63) is 34.4 Å². The monoisotopic (exact) mass is 344 g/mol. The van der Waals surface area contributed by atoms with Crippen LogP contribution in [0.5, 0.6) is 0 Å². The van der Waals surface area contributed by atoms with E-state index in [1.807, 2.05) is 0 Å². The minimum Gasteiger partial charge on any atom is -0.398 e. The Morgan fingerprint density at radius 1 is 1.42 bits per heavy atom. The van der Waals surface area contributed by atoms with E-state index < -0.39 is 10.0 Å². The highest BCUT2D eigenvalue weighted by Crippen LogP contribution is 2.27. The molecule has 0 aliphatic rings. The Hall–Kier alpha value is -1.54. The number of aromatic nitrogens is 2. The zero-order valence-corrected chi connectivity index (χ0v) is 12.8. The summed E-state index contributed by atoms with van der Waals surface area (Å²) in [5, 5.41) is 3.91. The molecule has 0 atom stereocenters. The number of hydrogen-bond acceptors (Lipinski definition) is 4. The fraction of sp³-hybridized carbons (Fsp3) is 0.182. The van der Waals surface area contributed by atoms with Crippen LogP contribution in [0.15, 0.2) is 33.8 Å². The Kier molecular flexibility index (Phi) is 3.55. The largest absolute Gasteiger partial charge is 0.398 e. The number of sulfonamides is 1. The van der Waals surface area contributed by atoms with E-state index in [2.05, 4.69) is 25.8 Å². The lowest BCUT2D eigenvalue weighted by Gasteiger charge is -2.11. The zero-order chi connectivity index (χ0) is 14.2. The third kappa shape index (κ3) is 2.74. The molecule has 102 valence electrons. The van der Waals surface area contributed by atoms with Crippen LogP contribution < -0.4 is 10.5 Å². The van der Waals surface area contributed by atoms with E-state index in [0.29, 0.717) is 21.5 Å². The van der Waals surface area contributed by atoms with Crippen LogP contribution in [0.4, 0.5) is 11.5 Å². The lowest BCUT2D eigenvalue weighted by molar-refractivity contribution is 0.599. The molecule has 1 heterocycles. The van der Waals surface area contributed by atoms with Crippen LogP contribution in [0.25, 0.3) is 0 Å². The van der Waals surface area contributed by atoms with E-state index in [9.17, 15) is 8.42 Å². The van der Waals surface area contributed by atoms with Crippen LogP contribution in [0.1, 0.15) is 5.56 Å². The topological polar surface area (TPSA) is 90.0 Å². The number of nitrogens with two attached hydrogens (primary N) is 1. The van der Waals surface area contributed by atoms with Crippen LogP contribution >= 0.6 is 15.9 Å². The average Bonchev–Trinajstić information content (AvgIpc) is 2.69. The molecule has 0 radical (unpaired) electrons. The highest BCUT2D eigenvalue weighted by molar-refractivity contribution is 9.10. The molecule has 0 saturated carbocycles. The first kappa shape index (κ1) is 13.9. The average molecular weight is 345 g/mol.